The highest BCUT2D eigenvalue weighted by Gasteiger charge is 2.26. The Balaban J connectivity index is 1.28. The van der Waals surface area contributed by atoms with E-state index in [0.717, 1.165) is 12.8 Å². The number of nitrogens with two attached hydrogens (primary N) is 1. The van der Waals surface area contributed by atoms with Gasteiger partial charge in [0.2, 0.25) is 5.95 Å². The number of nitrogens with one attached hydrogen (secondary N) is 2. The lowest BCUT2D eigenvalue weighted by atomic mass is 10.1. The quantitative estimate of drug-likeness (QED) is 0.391. The molecule has 40 heavy (non-hydrogen) atoms. The van der Waals surface area contributed by atoms with E-state index in [2.05, 4.69) is 25.8 Å². The molecular formula is C27H29ClN8O4. The molecule has 1 aromatic heterocycles. The molecule has 2 aromatic carbocycles. The third-order valence-electron chi connectivity index (χ3n) is 6.75. The molecule has 3 aromatic rings. The predicted octanol–water partition coefficient (Wildman–Crippen LogP) is 2.24. The zero-order valence-electron chi connectivity index (χ0n) is 21.7. The Morgan fingerprint density at radius 1 is 0.950 bits per heavy atom. The normalized spacial score (nSPS) is 17.3. The number of hydrogen-bond donors (Lipinski definition) is 3. The van der Waals surface area contributed by atoms with Gasteiger partial charge in [0, 0.05) is 54.1 Å². The number of nitrogens with zero attached hydrogens (tertiary/aromatic N) is 5. The molecule has 13 heteroatoms. The van der Waals surface area contributed by atoms with Gasteiger partial charge in [-0.3, -0.25) is 14.4 Å². The number of halogens is 1. The molecule has 2 fully saturated rings. The molecule has 1 unspecified atom stereocenters. The summed E-state index contributed by atoms with van der Waals surface area (Å²) < 4.78 is 5.31. The van der Waals surface area contributed by atoms with Gasteiger partial charge >= 0.3 is 0 Å². The minimum absolute atomic E-state index is 0.0681. The Morgan fingerprint density at radius 2 is 1.65 bits per heavy atom. The molecule has 3 heterocycles. The average molecular weight is 565 g/mol. The van der Waals surface area contributed by atoms with Crippen LogP contribution in [-0.2, 0) is 4.74 Å². The lowest BCUT2D eigenvalue weighted by Gasteiger charge is -2.33. The van der Waals surface area contributed by atoms with Crippen molar-refractivity contribution in [1.82, 2.24) is 25.4 Å². The van der Waals surface area contributed by atoms with Crippen LogP contribution in [0.2, 0.25) is 5.02 Å². The lowest BCUT2D eigenvalue weighted by Crippen LogP contribution is -2.48. The summed E-state index contributed by atoms with van der Waals surface area (Å²) in [5, 5.41) is 14.9. The Hall–Kier alpha value is -4.29. The highest BCUT2D eigenvalue weighted by Crippen LogP contribution is 2.23. The second kappa shape index (κ2) is 12.3. The number of anilines is 3. The van der Waals surface area contributed by atoms with Crippen LogP contribution < -0.4 is 21.3 Å². The maximum atomic E-state index is 12.7. The highest BCUT2D eigenvalue weighted by molar-refractivity contribution is 6.30. The van der Waals surface area contributed by atoms with E-state index in [9.17, 15) is 14.4 Å². The van der Waals surface area contributed by atoms with E-state index in [1.807, 2.05) is 4.90 Å². The van der Waals surface area contributed by atoms with Crippen molar-refractivity contribution in [3.05, 3.63) is 70.4 Å². The first-order valence-corrected chi connectivity index (χ1v) is 13.3. The smallest absolute Gasteiger partial charge is 0.273 e. The summed E-state index contributed by atoms with van der Waals surface area (Å²) in [7, 11) is 0. The van der Waals surface area contributed by atoms with Crippen LogP contribution in [0.4, 0.5) is 17.5 Å². The van der Waals surface area contributed by atoms with Gasteiger partial charge in [0.1, 0.15) is 0 Å². The summed E-state index contributed by atoms with van der Waals surface area (Å²) in [4.78, 5) is 45.7. The summed E-state index contributed by atoms with van der Waals surface area (Å²) in [6, 6.07) is 13.4. The Kier molecular flexibility index (Phi) is 8.37. The number of aromatic nitrogens is 3. The molecule has 0 spiro atoms. The molecule has 0 radical (unpaired) electrons. The topological polar surface area (TPSA) is 156 Å². The van der Waals surface area contributed by atoms with Crippen LogP contribution in [0, 0.1) is 0 Å². The van der Waals surface area contributed by atoms with Crippen molar-refractivity contribution in [3.8, 4) is 0 Å². The highest BCUT2D eigenvalue weighted by atomic mass is 35.5. The Morgan fingerprint density at radius 3 is 2.35 bits per heavy atom. The molecule has 1 atom stereocenters. The van der Waals surface area contributed by atoms with Crippen molar-refractivity contribution in [2.45, 2.75) is 18.9 Å². The minimum atomic E-state index is -0.778. The molecule has 208 valence electrons. The van der Waals surface area contributed by atoms with Crippen molar-refractivity contribution in [1.29, 1.82) is 0 Å². The zero-order valence-corrected chi connectivity index (χ0v) is 22.4. The van der Waals surface area contributed by atoms with Gasteiger partial charge in [-0.05, 0) is 61.4 Å². The molecule has 4 N–H and O–H groups in total. The molecule has 0 aliphatic carbocycles. The minimum Gasteiger partial charge on any atom is -0.378 e. The number of hydrogen-bond acceptors (Lipinski definition) is 9. The van der Waals surface area contributed by atoms with E-state index in [4.69, 9.17) is 22.1 Å². The number of carbonyl (C=O) groups excluding carboxylic acids is 3. The molecule has 5 rings (SSSR count). The van der Waals surface area contributed by atoms with E-state index < -0.39 is 5.91 Å². The van der Waals surface area contributed by atoms with Crippen LogP contribution in [0.3, 0.4) is 0 Å². The molecule has 0 bridgehead atoms. The van der Waals surface area contributed by atoms with Crippen molar-refractivity contribution in [3.63, 3.8) is 0 Å². The first-order chi connectivity index (χ1) is 19.4. The van der Waals surface area contributed by atoms with Gasteiger partial charge in [0.05, 0.1) is 13.2 Å². The standard InChI is InChI=1S/C27H29ClN8O4/c28-19-7-3-17(4-8-19)25(38)31-21-2-1-11-36(16-21)27-32-24(22(23(29)37)33-34-27)30-20-9-5-18(6-10-20)26(39)35-12-14-40-15-13-35/h3-10,21H,1-2,11-16H2,(H2,29,37)(H,31,38)(H,30,32,34). The zero-order chi connectivity index (χ0) is 28.1. The van der Waals surface area contributed by atoms with E-state index in [-0.39, 0.29) is 29.4 Å². The van der Waals surface area contributed by atoms with E-state index in [0.29, 0.717) is 67.2 Å². The fraction of sp³-hybridized carbons (Fsp3) is 0.333. The maximum absolute atomic E-state index is 12.7. The second-order valence-electron chi connectivity index (χ2n) is 9.55. The van der Waals surface area contributed by atoms with Crippen LogP contribution in [0.5, 0.6) is 0 Å². The summed E-state index contributed by atoms with van der Waals surface area (Å²) in [6.07, 6.45) is 1.59. The summed E-state index contributed by atoms with van der Waals surface area (Å²) in [5.41, 5.74) is 7.09. The molecular weight excluding hydrogens is 536 g/mol. The Labute approximate surface area is 235 Å². The third kappa shape index (κ3) is 6.46. The lowest BCUT2D eigenvalue weighted by molar-refractivity contribution is 0.0303. The largest absolute Gasteiger partial charge is 0.378 e. The molecule has 2 saturated heterocycles. The van der Waals surface area contributed by atoms with Crippen molar-refractivity contribution in [2.75, 3.05) is 49.6 Å². The number of ether oxygens (including phenoxy) is 1. The van der Waals surface area contributed by atoms with Crippen LogP contribution in [0.25, 0.3) is 0 Å². The molecule has 2 aliphatic heterocycles. The second-order valence-corrected chi connectivity index (χ2v) is 9.98. The molecule has 2 aliphatic rings. The van der Waals surface area contributed by atoms with Gasteiger partial charge in [0.25, 0.3) is 17.7 Å². The van der Waals surface area contributed by atoms with Gasteiger partial charge < -0.3 is 30.9 Å². The van der Waals surface area contributed by atoms with E-state index in [1.165, 1.54) is 0 Å². The number of benzene rings is 2. The van der Waals surface area contributed by atoms with Crippen molar-refractivity contribution in [2.24, 2.45) is 5.73 Å². The van der Waals surface area contributed by atoms with Crippen molar-refractivity contribution >= 4 is 46.8 Å². The number of morpholine rings is 1. The molecule has 0 saturated carbocycles. The van der Waals surface area contributed by atoms with Gasteiger partial charge in [-0.1, -0.05) is 11.6 Å². The number of rotatable bonds is 7. The van der Waals surface area contributed by atoms with Gasteiger partial charge in [0.15, 0.2) is 11.5 Å². The molecule has 3 amide bonds. The van der Waals surface area contributed by atoms with Crippen LogP contribution >= 0.6 is 11.6 Å². The number of primary amides is 1. The van der Waals surface area contributed by atoms with Crippen LogP contribution in [0.15, 0.2) is 48.5 Å². The van der Waals surface area contributed by atoms with Crippen LogP contribution in [0.1, 0.15) is 44.0 Å². The van der Waals surface area contributed by atoms with E-state index in [1.54, 1.807) is 53.4 Å². The predicted molar refractivity (Wildman–Crippen MR) is 149 cm³/mol. The maximum Gasteiger partial charge on any atom is 0.273 e. The summed E-state index contributed by atoms with van der Waals surface area (Å²) in [5.74, 6) is -0.583. The van der Waals surface area contributed by atoms with Gasteiger partial charge in [-0.2, -0.15) is 4.98 Å². The SMILES string of the molecule is NC(=O)c1nnc(N2CCCC(NC(=O)c3ccc(Cl)cc3)C2)nc1Nc1ccc(C(=O)N2CCOCC2)cc1. The third-order valence-corrected chi connectivity index (χ3v) is 7.00. The first-order valence-electron chi connectivity index (χ1n) is 13.0. The monoisotopic (exact) mass is 564 g/mol. The van der Waals surface area contributed by atoms with Crippen LogP contribution in [-0.4, -0.2) is 83.2 Å². The van der Waals surface area contributed by atoms with Gasteiger partial charge in [-0.15, -0.1) is 10.2 Å². The van der Waals surface area contributed by atoms with Gasteiger partial charge in [-0.25, -0.2) is 0 Å². The first kappa shape index (κ1) is 27.3. The van der Waals surface area contributed by atoms with E-state index >= 15 is 0 Å². The summed E-state index contributed by atoms with van der Waals surface area (Å²) in [6.45, 7) is 3.28. The fourth-order valence-electron chi connectivity index (χ4n) is 4.63. The Bertz CT molecular complexity index is 1380. The van der Waals surface area contributed by atoms with Crippen molar-refractivity contribution < 1.29 is 19.1 Å². The fourth-order valence-corrected chi connectivity index (χ4v) is 4.76. The molecule has 12 nitrogen and oxygen atoms in total. The summed E-state index contributed by atoms with van der Waals surface area (Å²) >= 11 is 5.93. The number of carbonyl (C=O) groups is 3. The number of piperidine rings is 1. The average Bonchev–Trinajstić information content (AvgIpc) is 2.98. The number of amides is 3.